The molecule has 4 atom stereocenters. The van der Waals surface area contributed by atoms with Crippen LogP contribution in [0.2, 0.25) is 0 Å². The largest absolute Gasteiger partial charge is 0.506 e. The molecule has 5 heteroatoms. The van der Waals surface area contributed by atoms with Crippen LogP contribution in [0.3, 0.4) is 0 Å². The molecular formula is C9H12O5. The van der Waals surface area contributed by atoms with Gasteiger partial charge in [-0.15, -0.1) is 0 Å². The monoisotopic (exact) mass is 200 g/mol. The highest BCUT2D eigenvalue weighted by Gasteiger charge is 2.61. The maximum Gasteiger partial charge on any atom is 0.506 e. The van der Waals surface area contributed by atoms with Crippen LogP contribution in [-0.2, 0) is 9.47 Å². The second-order valence-electron chi connectivity index (χ2n) is 4.05. The number of aliphatic hydroxyl groups excluding tert-OH is 1. The molecule has 78 valence electrons. The Morgan fingerprint density at radius 2 is 2.00 bits per heavy atom. The van der Waals surface area contributed by atoms with E-state index >= 15 is 0 Å². The molecule has 0 spiro atoms. The Morgan fingerprint density at radius 3 is 2.43 bits per heavy atom. The summed E-state index contributed by atoms with van der Waals surface area (Å²) < 4.78 is 10.1. The Morgan fingerprint density at radius 1 is 1.43 bits per heavy atom. The van der Waals surface area contributed by atoms with E-state index in [2.05, 4.69) is 4.74 Å². The van der Waals surface area contributed by atoms with Crippen LogP contribution in [0, 0.1) is 0 Å². The fourth-order valence-corrected chi connectivity index (χ4v) is 2.09. The standard InChI is InChI=1S/C9H12O5/c1-8-3-4-9(2,14-8)6(5(8)10)13-7(11)12/h3-6,10H,1-2H3,(H,11,12)/t5?,6?,8-,9+/m0/s1. The lowest BCUT2D eigenvalue weighted by Gasteiger charge is -2.27. The quantitative estimate of drug-likeness (QED) is 0.477. The van der Waals surface area contributed by atoms with Gasteiger partial charge in [0.05, 0.1) is 0 Å². The molecule has 2 N–H and O–H groups in total. The van der Waals surface area contributed by atoms with Gasteiger partial charge in [-0.2, -0.15) is 0 Å². The van der Waals surface area contributed by atoms with Crippen LogP contribution in [-0.4, -0.2) is 39.8 Å². The zero-order valence-electron chi connectivity index (χ0n) is 7.93. The van der Waals surface area contributed by atoms with Crippen molar-refractivity contribution in [1.29, 1.82) is 0 Å². The van der Waals surface area contributed by atoms with Crippen LogP contribution in [0.1, 0.15) is 13.8 Å². The molecule has 2 aliphatic rings. The first-order valence-electron chi connectivity index (χ1n) is 4.36. The van der Waals surface area contributed by atoms with Gasteiger partial charge < -0.3 is 19.7 Å². The molecule has 0 aliphatic carbocycles. The van der Waals surface area contributed by atoms with Gasteiger partial charge >= 0.3 is 6.16 Å². The summed E-state index contributed by atoms with van der Waals surface area (Å²) in [5.74, 6) is 0. The summed E-state index contributed by atoms with van der Waals surface area (Å²) in [6.07, 6.45) is 0.263. The van der Waals surface area contributed by atoms with Crippen molar-refractivity contribution < 1.29 is 24.5 Å². The molecule has 2 aliphatic heterocycles. The lowest BCUT2D eigenvalue weighted by molar-refractivity contribution is -0.0514. The van der Waals surface area contributed by atoms with Crippen LogP contribution >= 0.6 is 0 Å². The SMILES string of the molecule is C[C@]12C=C[C@](C)(O1)C(O)C2OC(=O)O. The van der Waals surface area contributed by atoms with E-state index in [1.54, 1.807) is 26.0 Å². The molecule has 1 saturated heterocycles. The van der Waals surface area contributed by atoms with Crippen molar-refractivity contribution in [3.8, 4) is 0 Å². The van der Waals surface area contributed by atoms with Crippen LogP contribution in [0.5, 0.6) is 0 Å². The molecule has 0 radical (unpaired) electrons. The van der Waals surface area contributed by atoms with Crippen LogP contribution in [0.15, 0.2) is 12.2 Å². The van der Waals surface area contributed by atoms with Gasteiger partial charge in [-0.25, -0.2) is 4.79 Å². The molecule has 1 fully saturated rings. The van der Waals surface area contributed by atoms with E-state index in [9.17, 15) is 9.90 Å². The summed E-state index contributed by atoms with van der Waals surface area (Å²) in [5, 5.41) is 18.3. The third kappa shape index (κ3) is 1.06. The first-order valence-corrected chi connectivity index (χ1v) is 4.36. The van der Waals surface area contributed by atoms with E-state index in [1.165, 1.54) is 0 Å². The number of hydrogen-bond donors (Lipinski definition) is 2. The molecule has 0 aromatic heterocycles. The first kappa shape index (κ1) is 9.48. The second-order valence-corrected chi connectivity index (χ2v) is 4.05. The minimum absolute atomic E-state index is 0.825. The minimum Gasteiger partial charge on any atom is -0.450 e. The van der Waals surface area contributed by atoms with E-state index in [0.717, 1.165) is 0 Å². The van der Waals surface area contributed by atoms with Gasteiger partial charge in [-0.3, -0.25) is 0 Å². The number of hydrogen-bond acceptors (Lipinski definition) is 4. The number of carbonyl (C=O) groups is 1. The topological polar surface area (TPSA) is 76.0 Å². The van der Waals surface area contributed by atoms with Crippen LogP contribution in [0.25, 0.3) is 0 Å². The van der Waals surface area contributed by atoms with Gasteiger partial charge in [0.15, 0.2) is 6.10 Å². The van der Waals surface area contributed by atoms with Gasteiger partial charge in [0.1, 0.15) is 17.3 Å². The van der Waals surface area contributed by atoms with E-state index in [4.69, 9.17) is 9.84 Å². The van der Waals surface area contributed by atoms with Gasteiger partial charge in [0.2, 0.25) is 0 Å². The Balaban J connectivity index is 2.28. The van der Waals surface area contributed by atoms with Gasteiger partial charge in [0.25, 0.3) is 0 Å². The first-order chi connectivity index (χ1) is 6.37. The normalized spacial score (nSPS) is 49.6. The van der Waals surface area contributed by atoms with E-state index < -0.39 is 29.6 Å². The van der Waals surface area contributed by atoms with Crippen LogP contribution < -0.4 is 0 Å². The summed E-state index contributed by atoms with van der Waals surface area (Å²) in [5.41, 5.74) is -1.67. The highest BCUT2D eigenvalue weighted by molar-refractivity contribution is 5.58. The number of ether oxygens (including phenoxy) is 2. The van der Waals surface area contributed by atoms with Crippen molar-refractivity contribution in [2.24, 2.45) is 0 Å². The van der Waals surface area contributed by atoms with E-state index in [1.807, 2.05) is 0 Å². The number of carboxylic acid groups (broad SMARTS) is 1. The van der Waals surface area contributed by atoms with Crippen molar-refractivity contribution >= 4 is 6.16 Å². The fourth-order valence-electron chi connectivity index (χ4n) is 2.09. The Labute approximate surface area is 80.9 Å². The van der Waals surface area contributed by atoms with Crippen molar-refractivity contribution in [3.63, 3.8) is 0 Å². The van der Waals surface area contributed by atoms with Crippen molar-refractivity contribution in [1.82, 2.24) is 0 Å². The third-order valence-electron chi connectivity index (χ3n) is 2.85. The molecular weight excluding hydrogens is 188 g/mol. The van der Waals surface area contributed by atoms with Gasteiger partial charge in [0, 0.05) is 0 Å². The Bertz CT molecular complexity index is 312. The zero-order chi connectivity index (χ0) is 10.6. The van der Waals surface area contributed by atoms with Crippen LogP contribution in [0.4, 0.5) is 4.79 Å². The third-order valence-corrected chi connectivity index (χ3v) is 2.85. The summed E-state index contributed by atoms with van der Waals surface area (Å²) in [7, 11) is 0. The maximum atomic E-state index is 10.4. The average molecular weight is 200 g/mol. The minimum atomic E-state index is -1.40. The molecule has 5 nitrogen and oxygen atoms in total. The summed E-state index contributed by atoms with van der Waals surface area (Å²) in [6, 6.07) is 0. The highest BCUT2D eigenvalue weighted by Crippen LogP contribution is 2.46. The maximum absolute atomic E-state index is 10.4. The van der Waals surface area contributed by atoms with Crippen molar-refractivity contribution in [2.75, 3.05) is 0 Å². The number of fused-ring (bicyclic) bond motifs is 2. The average Bonchev–Trinajstić information content (AvgIpc) is 2.45. The number of aliphatic hydroxyl groups is 1. The zero-order valence-corrected chi connectivity index (χ0v) is 7.93. The Kier molecular flexibility index (Phi) is 1.69. The van der Waals surface area contributed by atoms with Gasteiger partial charge in [-0.1, -0.05) is 12.2 Å². The summed E-state index contributed by atoms with van der Waals surface area (Å²) in [6.45, 7) is 3.39. The fraction of sp³-hybridized carbons (Fsp3) is 0.667. The van der Waals surface area contributed by atoms with Gasteiger partial charge in [-0.05, 0) is 13.8 Å². The van der Waals surface area contributed by atoms with E-state index in [-0.39, 0.29) is 0 Å². The summed E-state index contributed by atoms with van der Waals surface area (Å²) in [4.78, 5) is 10.4. The predicted octanol–water partition coefficient (Wildman–Crippen LogP) is 0.528. The van der Waals surface area contributed by atoms with Crippen molar-refractivity contribution in [3.05, 3.63) is 12.2 Å². The van der Waals surface area contributed by atoms with Crippen molar-refractivity contribution in [2.45, 2.75) is 37.3 Å². The lowest BCUT2D eigenvalue weighted by Crippen LogP contribution is -2.46. The molecule has 2 heterocycles. The number of rotatable bonds is 1. The molecule has 14 heavy (non-hydrogen) atoms. The second kappa shape index (κ2) is 2.49. The lowest BCUT2D eigenvalue weighted by atomic mass is 9.85. The molecule has 2 bridgehead atoms. The predicted molar refractivity (Wildman–Crippen MR) is 45.9 cm³/mol. The molecule has 0 saturated carbocycles. The smallest absolute Gasteiger partial charge is 0.450 e. The molecule has 2 unspecified atom stereocenters. The Hall–Kier alpha value is -1.07. The molecule has 0 aromatic carbocycles. The van der Waals surface area contributed by atoms with E-state index in [0.29, 0.717) is 0 Å². The molecule has 0 amide bonds. The highest BCUT2D eigenvalue weighted by atomic mass is 16.7. The molecule has 0 aromatic rings. The molecule has 2 rings (SSSR count). The summed E-state index contributed by atoms with van der Waals surface area (Å²) >= 11 is 0.